The number of hydrogen-bond donors (Lipinski definition) is 3. The first-order valence-corrected chi connectivity index (χ1v) is 9.08. The lowest BCUT2D eigenvalue weighted by Crippen LogP contribution is -2.48. The fourth-order valence-corrected chi connectivity index (χ4v) is 2.91. The molecule has 0 unspecified atom stereocenters. The first-order valence-electron chi connectivity index (χ1n) is 8.67. The number of nitrogens with one attached hydrogen (secondary N) is 3. The Hall–Kier alpha value is -3.51. The van der Waals surface area contributed by atoms with Crippen LogP contribution in [0.25, 0.3) is 16.8 Å². The molecule has 2 amide bonds. The quantitative estimate of drug-likeness (QED) is 0.364. The van der Waals surface area contributed by atoms with Crippen LogP contribution in [0, 0.1) is 6.92 Å². The molecule has 3 rings (SSSR count). The van der Waals surface area contributed by atoms with E-state index in [0.29, 0.717) is 5.56 Å². The van der Waals surface area contributed by atoms with Gasteiger partial charge in [-0.2, -0.15) is 0 Å². The molecule has 0 saturated heterocycles. The molecule has 0 bridgehead atoms. The average Bonchev–Trinajstić information content (AvgIpc) is 2.70. The van der Waals surface area contributed by atoms with Crippen molar-refractivity contribution in [1.29, 1.82) is 0 Å². The molecule has 0 fully saturated rings. The number of fused-ring (bicyclic) bond motifs is 1. The molecule has 0 saturated carbocycles. The molecule has 5 nitrogen and oxygen atoms in total. The molecule has 0 aliphatic heterocycles. The third-order valence-corrected chi connectivity index (χ3v) is 4.36. The molecular weight excluding hydrogens is 370 g/mol. The Bertz CT molecular complexity index is 1070. The maximum Gasteiger partial charge on any atom is 0.269 e. The van der Waals surface area contributed by atoms with E-state index < -0.39 is 5.91 Å². The molecule has 0 radical (unpaired) electrons. The van der Waals surface area contributed by atoms with E-state index in [4.69, 9.17) is 12.2 Å². The van der Waals surface area contributed by atoms with Crippen molar-refractivity contribution in [1.82, 2.24) is 16.2 Å². The summed E-state index contributed by atoms with van der Waals surface area (Å²) in [6, 6.07) is 21.0. The van der Waals surface area contributed by atoms with Crippen molar-refractivity contribution >= 4 is 46.0 Å². The summed E-state index contributed by atoms with van der Waals surface area (Å²) < 4.78 is 0. The van der Waals surface area contributed by atoms with Crippen LogP contribution >= 0.6 is 12.2 Å². The largest absolute Gasteiger partial charge is 0.298 e. The Morgan fingerprint density at radius 1 is 0.893 bits per heavy atom. The molecule has 0 aliphatic rings. The maximum absolute atomic E-state index is 12.1. The van der Waals surface area contributed by atoms with Gasteiger partial charge in [0.25, 0.3) is 5.91 Å². The van der Waals surface area contributed by atoms with Gasteiger partial charge < -0.3 is 0 Å². The molecule has 3 aromatic carbocycles. The number of aryl methyl sites for hydroxylation is 1. The van der Waals surface area contributed by atoms with Crippen molar-refractivity contribution in [2.24, 2.45) is 0 Å². The SMILES string of the molecule is Cc1ccccc1C(=O)NNC(=S)NC(=O)/C=C/c1cccc2ccccc12. The number of hydrazine groups is 1. The van der Waals surface area contributed by atoms with Crippen LogP contribution in [0.2, 0.25) is 0 Å². The van der Waals surface area contributed by atoms with Crippen LogP contribution in [-0.2, 0) is 4.79 Å². The fraction of sp³-hybridized carbons (Fsp3) is 0.0455. The first-order chi connectivity index (χ1) is 13.5. The Labute approximate surface area is 168 Å². The van der Waals surface area contributed by atoms with Gasteiger partial charge in [0.1, 0.15) is 0 Å². The predicted molar refractivity (Wildman–Crippen MR) is 116 cm³/mol. The van der Waals surface area contributed by atoms with Crippen molar-refractivity contribution < 1.29 is 9.59 Å². The van der Waals surface area contributed by atoms with Crippen LogP contribution in [0.3, 0.4) is 0 Å². The van der Waals surface area contributed by atoms with Gasteiger partial charge in [-0.15, -0.1) is 0 Å². The highest BCUT2D eigenvalue weighted by Crippen LogP contribution is 2.19. The van der Waals surface area contributed by atoms with E-state index >= 15 is 0 Å². The minimum Gasteiger partial charge on any atom is -0.298 e. The second-order valence-corrected chi connectivity index (χ2v) is 6.52. The van der Waals surface area contributed by atoms with E-state index in [9.17, 15) is 9.59 Å². The zero-order valence-corrected chi connectivity index (χ0v) is 16.0. The second-order valence-electron chi connectivity index (χ2n) is 6.11. The van der Waals surface area contributed by atoms with E-state index in [1.807, 2.05) is 61.5 Å². The van der Waals surface area contributed by atoms with Crippen LogP contribution in [0.5, 0.6) is 0 Å². The van der Waals surface area contributed by atoms with E-state index in [-0.39, 0.29) is 11.0 Å². The minimum absolute atomic E-state index is 0.00880. The maximum atomic E-state index is 12.1. The highest BCUT2D eigenvalue weighted by molar-refractivity contribution is 7.80. The van der Waals surface area contributed by atoms with E-state index in [1.54, 1.807) is 18.2 Å². The number of carbonyl (C=O) groups is 2. The summed E-state index contributed by atoms with van der Waals surface area (Å²) >= 11 is 5.05. The summed E-state index contributed by atoms with van der Waals surface area (Å²) in [5.41, 5.74) is 7.31. The van der Waals surface area contributed by atoms with Gasteiger partial charge in [-0.1, -0.05) is 60.7 Å². The zero-order chi connectivity index (χ0) is 19.9. The predicted octanol–water partition coefficient (Wildman–Crippen LogP) is 3.50. The molecule has 0 heterocycles. The van der Waals surface area contributed by atoms with Crippen molar-refractivity contribution in [2.75, 3.05) is 0 Å². The lowest BCUT2D eigenvalue weighted by Gasteiger charge is -2.11. The van der Waals surface area contributed by atoms with Crippen molar-refractivity contribution in [3.63, 3.8) is 0 Å². The molecule has 3 N–H and O–H groups in total. The summed E-state index contributed by atoms with van der Waals surface area (Å²) in [7, 11) is 0. The van der Waals surface area contributed by atoms with Crippen LogP contribution in [0.4, 0.5) is 0 Å². The standard InChI is InChI=1S/C22H19N3O2S/c1-15-7-2-4-11-18(15)21(27)24-25-22(28)23-20(26)14-13-17-10-6-9-16-8-3-5-12-19(16)17/h2-14H,1H3,(H,24,27)(H2,23,25,26,28)/b14-13+. The van der Waals surface area contributed by atoms with Crippen LogP contribution < -0.4 is 16.2 Å². The Morgan fingerprint density at radius 3 is 2.43 bits per heavy atom. The van der Waals surface area contributed by atoms with Gasteiger partial charge in [0.05, 0.1) is 0 Å². The lowest BCUT2D eigenvalue weighted by atomic mass is 10.0. The summed E-state index contributed by atoms with van der Waals surface area (Å²) in [6.07, 6.45) is 3.13. The van der Waals surface area contributed by atoms with E-state index in [2.05, 4.69) is 16.2 Å². The molecule has 0 aliphatic carbocycles. The molecule has 0 atom stereocenters. The van der Waals surface area contributed by atoms with Crippen molar-refractivity contribution in [3.05, 3.63) is 89.5 Å². The normalized spacial score (nSPS) is 10.6. The Morgan fingerprint density at radius 2 is 1.61 bits per heavy atom. The number of carbonyl (C=O) groups excluding carboxylic acids is 2. The molecular formula is C22H19N3O2S. The number of hydrogen-bond acceptors (Lipinski definition) is 3. The lowest BCUT2D eigenvalue weighted by molar-refractivity contribution is -0.115. The Kier molecular flexibility index (Phi) is 6.14. The number of benzene rings is 3. The fourth-order valence-electron chi connectivity index (χ4n) is 2.75. The van der Waals surface area contributed by atoms with Gasteiger partial charge in [-0.05, 0) is 53.2 Å². The van der Waals surface area contributed by atoms with Crippen molar-refractivity contribution in [3.8, 4) is 0 Å². The molecule has 140 valence electrons. The molecule has 3 aromatic rings. The summed E-state index contributed by atoms with van der Waals surface area (Å²) in [6.45, 7) is 1.84. The topological polar surface area (TPSA) is 70.2 Å². The highest BCUT2D eigenvalue weighted by atomic mass is 32.1. The number of amides is 2. The van der Waals surface area contributed by atoms with Gasteiger partial charge in [-0.25, -0.2) is 0 Å². The average molecular weight is 389 g/mol. The molecule has 0 aromatic heterocycles. The monoisotopic (exact) mass is 389 g/mol. The van der Waals surface area contributed by atoms with Gasteiger partial charge in [0.2, 0.25) is 5.91 Å². The van der Waals surface area contributed by atoms with E-state index in [1.165, 1.54) is 6.08 Å². The highest BCUT2D eigenvalue weighted by Gasteiger charge is 2.08. The second kappa shape index (κ2) is 8.92. The zero-order valence-electron chi connectivity index (χ0n) is 15.2. The summed E-state index contributed by atoms with van der Waals surface area (Å²) in [4.78, 5) is 24.2. The summed E-state index contributed by atoms with van der Waals surface area (Å²) in [5.74, 6) is -0.725. The first kappa shape index (κ1) is 19.3. The summed E-state index contributed by atoms with van der Waals surface area (Å²) in [5, 5.41) is 4.66. The van der Waals surface area contributed by atoms with Crippen LogP contribution in [0.1, 0.15) is 21.5 Å². The van der Waals surface area contributed by atoms with Crippen LogP contribution in [-0.4, -0.2) is 16.9 Å². The molecule has 0 spiro atoms. The minimum atomic E-state index is -0.393. The third kappa shape index (κ3) is 4.81. The van der Waals surface area contributed by atoms with E-state index in [0.717, 1.165) is 21.9 Å². The number of rotatable bonds is 3. The number of thiocarbonyl (C=S) groups is 1. The van der Waals surface area contributed by atoms with Crippen molar-refractivity contribution in [2.45, 2.75) is 6.92 Å². The van der Waals surface area contributed by atoms with Gasteiger partial charge in [0, 0.05) is 11.6 Å². The van der Waals surface area contributed by atoms with Gasteiger partial charge >= 0.3 is 0 Å². The smallest absolute Gasteiger partial charge is 0.269 e. The van der Waals surface area contributed by atoms with Gasteiger partial charge in [-0.3, -0.25) is 25.8 Å². The Balaban J connectivity index is 1.56. The molecule has 6 heteroatoms. The van der Waals surface area contributed by atoms with Crippen LogP contribution in [0.15, 0.2) is 72.8 Å². The third-order valence-electron chi connectivity index (χ3n) is 4.15. The van der Waals surface area contributed by atoms with Gasteiger partial charge in [0.15, 0.2) is 5.11 Å². The molecule has 28 heavy (non-hydrogen) atoms.